The smallest absolute Gasteiger partial charge is 0.197 e. The Morgan fingerprint density at radius 2 is 1.89 bits per heavy atom. The third-order valence-corrected chi connectivity index (χ3v) is 5.11. The van der Waals surface area contributed by atoms with Crippen LogP contribution < -0.4 is 24.8 Å². The van der Waals surface area contributed by atoms with Gasteiger partial charge in [0.1, 0.15) is 18.5 Å². The van der Waals surface area contributed by atoms with Crippen molar-refractivity contribution in [1.82, 2.24) is 0 Å². The van der Waals surface area contributed by atoms with E-state index in [1.165, 1.54) is 24.6 Å². The minimum Gasteiger partial charge on any atom is -0.495 e. The lowest BCUT2D eigenvalue weighted by atomic mass is 9.99. The molecular formula is C22H29FN2O3. The first kappa shape index (κ1) is 20.3. The van der Waals surface area contributed by atoms with Crippen LogP contribution in [0.4, 0.5) is 10.1 Å². The fourth-order valence-corrected chi connectivity index (χ4v) is 3.36. The van der Waals surface area contributed by atoms with Gasteiger partial charge in [-0.3, -0.25) is 0 Å². The van der Waals surface area contributed by atoms with Gasteiger partial charge in [0.05, 0.1) is 12.8 Å². The fourth-order valence-electron chi connectivity index (χ4n) is 3.36. The van der Waals surface area contributed by atoms with Gasteiger partial charge in [-0.15, -0.1) is 0 Å². The zero-order chi connectivity index (χ0) is 19.9. The Hall–Kier alpha value is -2.47. The number of rotatable bonds is 3. The van der Waals surface area contributed by atoms with Crippen molar-refractivity contribution >= 4 is 5.69 Å². The van der Waals surface area contributed by atoms with Crippen LogP contribution in [0.15, 0.2) is 42.5 Å². The summed E-state index contributed by atoms with van der Waals surface area (Å²) in [5.41, 5.74) is 6.63. The second kappa shape index (κ2) is 9.64. The fraction of sp³-hybridized carbons (Fsp3) is 0.455. The van der Waals surface area contributed by atoms with E-state index in [1.54, 1.807) is 19.2 Å². The molecular weight excluding hydrogens is 359 g/mol. The van der Waals surface area contributed by atoms with Gasteiger partial charge in [0.2, 0.25) is 0 Å². The molecule has 2 N–H and O–H groups in total. The molecule has 2 aliphatic heterocycles. The summed E-state index contributed by atoms with van der Waals surface area (Å²) in [7, 11) is 1.74. The molecule has 1 fully saturated rings. The Morgan fingerprint density at radius 3 is 2.61 bits per heavy atom. The van der Waals surface area contributed by atoms with Crippen molar-refractivity contribution in [2.24, 2.45) is 11.7 Å². The third kappa shape index (κ3) is 4.87. The van der Waals surface area contributed by atoms with Crippen LogP contribution in [-0.4, -0.2) is 39.5 Å². The normalized spacial score (nSPS) is 18.9. The predicted octanol–water partition coefficient (Wildman–Crippen LogP) is 3.86. The van der Waals surface area contributed by atoms with Gasteiger partial charge in [-0.25, -0.2) is 4.39 Å². The number of hydrogen-bond donors (Lipinski definition) is 1. The highest BCUT2D eigenvalue weighted by Gasteiger charge is 2.22. The van der Waals surface area contributed by atoms with Crippen LogP contribution in [0.1, 0.15) is 19.8 Å². The molecule has 2 aromatic rings. The van der Waals surface area contributed by atoms with Crippen LogP contribution in [0.25, 0.3) is 0 Å². The molecule has 0 amide bonds. The van der Waals surface area contributed by atoms with E-state index in [0.717, 1.165) is 24.8 Å². The SMILES string of the molecule is COc1ccccc1N1CCC(C)CC1.NCC1COc2cccc(F)c2O1. The second-order valence-electron chi connectivity index (χ2n) is 7.20. The summed E-state index contributed by atoms with van der Waals surface area (Å²) >= 11 is 0. The van der Waals surface area contributed by atoms with E-state index < -0.39 is 5.82 Å². The minimum atomic E-state index is -0.407. The summed E-state index contributed by atoms with van der Waals surface area (Å²) in [6.45, 7) is 5.35. The molecule has 0 bridgehead atoms. The maximum Gasteiger partial charge on any atom is 0.197 e. The van der Waals surface area contributed by atoms with Crippen LogP contribution in [0.3, 0.4) is 0 Å². The summed E-state index contributed by atoms with van der Waals surface area (Å²) < 4.78 is 29.1. The van der Waals surface area contributed by atoms with Gasteiger partial charge in [-0.05, 0) is 43.0 Å². The standard InChI is InChI=1S/C13H19NO.C9H10FNO2/c1-11-7-9-14(10-8-11)12-5-3-4-6-13(12)15-2;10-7-2-1-3-8-9(7)13-6(4-11)5-12-8/h3-6,11H,7-10H2,1-2H3;1-3,6H,4-5,11H2. The van der Waals surface area contributed by atoms with Crippen LogP contribution in [-0.2, 0) is 0 Å². The number of para-hydroxylation sites is 3. The van der Waals surface area contributed by atoms with Crippen LogP contribution in [0.5, 0.6) is 17.2 Å². The molecule has 2 aromatic carbocycles. The Kier molecular flexibility index (Phi) is 6.98. The van der Waals surface area contributed by atoms with Crippen molar-refractivity contribution in [3.05, 3.63) is 48.3 Å². The number of benzene rings is 2. The molecule has 1 atom stereocenters. The number of anilines is 1. The highest BCUT2D eigenvalue weighted by Crippen LogP contribution is 2.33. The molecule has 152 valence electrons. The number of methoxy groups -OCH3 is 1. The van der Waals surface area contributed by atoms with E-state index in [0.29, 0.717) is 18.9 Å². The molecule has 2 heterocycles. The number of piperidine rings is 1. The van der Waals surface area contributed by atoms with Gasteiger partial charge in [0.25, 0.3) is 0 Å². The Morgan fingerprint density at radius 1 is 1.14 bits per heavy atom. The quantitative estimate of drug-likeness (QED) is 0.865. The molecule has 0 radical (unpaired) electrons. The third-order valence-electron chi connectivity index (χ3n) is 5.11. The van der Waals surface area contributed by atoms with Crippen molar-refractivity contribution in [1.29, 1.82) is 0 Å². The molecule has 0 saturated carbocycles. The first-order valence-electron chi connectivity index (χ1n) is 9.78. The second-order valence-corrected chi connectivity index (χ2v) is 7.20. The summed E-state index contributed by atoms with van der Waals surface area (Å²) in [6.07, 6.45) is 2.33. The zero-order valence-corrected chi connectivity index (χ0v) is 16.6. The van der Waals surface area contributed by atoms with Gasteiger partial charge in [-0.2, -0.15) is 0 Å². The lowest BCUT2D eigenvalue weighted by Gasteiger charge is -2.32. The van der Waals surface area contributed by atoms with E-state index in [-0.39, 0.29) is 11.9 Å². The maximum absolute atomic E-state index is 13.1. The summed E-state index contributed by atoms with van der Waals surface area (Å²) in [4.78, 5) is 2.43. The number of fused-ring (bicyclic) bond motifs is 1. The predicted molar refractivity (Wildman–Crippen MR) is 109 cm³/mol. The highest BCUT2D eigenvalue weighted by molar-refractivity contribution is 5.58. The van der Waals surface area contributed by atoms with E-state index in [2.05, 4.69) is 24.0 Å². The molecule has 0 spiro atoms. The minimum absolute atomic E-state index is 0.171. The Bertz CT molecular complexity index is 763. The number of hydrogen-bond acceptors (Lipinski definition) is 5. The first-order valence-corrected chi connectivity index (χ1v) is 9.78. The Balaban J connectivity index is 0.000000162. The largest absolute Gasteiger partial charge is 0.495 e. The van der Waals surface area contributed by atoms with Crippen molar-refractivity contribution in [3.8, 4) is 17.2 Å². The number of nitrogens with two attached hydrogens (primary N) is 1. The zero-order valence-electron chi connectivity index (χ0n) is 16.6. The maximum atomic E-state index is 13.1. The number of nitrogens with zero attached hydrogens (tertiary/aromatic N) is 1. The van der Waals surface area contributed by atoms with Crippen molar-refractivity contribution in [2.45, 2.75) is 25.9 Å². The van der Waals surface area contributed by atoms with Crippen molar-refractivity contribution < 1.29 is 18.6 Å². The lowest BCUT2D eigenvalue weighted by molar-refractivity contribution is 0.0913. The summed E-state index contributed by atoms with van der Waals surface area (Å²) in [5.74, 6) is 2.08. The molecule has 2 aliphatic rings. The highest BCUT2D eigenvalue weighted by atomic mass is 19.1. The Labute approximate surface area is 166 Å². The average Bonchev–Trinajstić information content (AvgIpc) is 2.75. The monoisotopic (exact) mass is 388 g/mol. The molecule has 1 saturated heterocycles. The molecule has 4 rings (SSSR count). The van der Waals surface area contributed by atoms with E-state index >= 15 is 0 Å². The van der Waals surface area contributed by atoms with E-state index in [9.17, 15) is 4.39 Å². The van der Waals surface area contributed by atoms with Crippen molar-refractivity contribution in [3.63, 3.8) is 0 Å². The molecule has 0 aliphatic carbocycles. The van der Waals surface area contributed by atoms with Crippen LogP contribution in [0, 0.1) is 11.7 Å². The molecule has 0 aromatic heterocycles. The topological polar surface area (TPSA) is 57.0 Å². The van der Waals surface area contributed by atoms with Crippen LogP contribution >= 0.6 is 0 Å². The average molecular weight is 388 g/mol. The summed E-state index contributed by atoms with van der Waals surface area (Å²) in [5, 5.41) is 0. The van der Waals surface area contributed by atoms with E-state index in [1.807, 2.05) is 12.1 Å². The van der Waals surface area contributed by atoms with Crippen molar-refractivity contribution in [2.75, 3.05) is 38.3 Å². The number of halogens is 1. The number of ether oxygens (including phenoxy) is 3. The van der Waals surface area contributed by atoms with E-state index in [4.69, 9.17) is 19.9 Å². The van der Waals surface area contributed by atoms with Gasteiger partial charge in [0.15, 0.2) is 17.3 Å². The summed E-state index contributed by atoms with van der Waals surface area (Å²) in [6, 6.07) is 12.9. The molecule has 28 heavy (non-hydrogen) atoms. The van der Waals surface area contributed by atoms with Gasteiger partial charge in [-0.1, -0.05) is 25.1 Å². The first-order chi connectivity index (χ1) is 13.6. The molecule has 1 unspecified atom stereocenters. The lowest BCUT2D eigenvalue weighted by Crippen LogP contribution is -2.36. The van der Waals surface area contributed by atoms with Gasteiger partial charge >= 0.3 is 0 Å². The molecule has 5 nitrogen and oxygen atoms in total. The molecule has 6 heteroatoms. The van der Waals surface area contributed by atoms with Gasteiger partial charge < -0.3 is 24.8 Å². The van der Waals surface area contributed by atoms with Crippen LogP contribution in [0.2, 0.25) is 0 Å². The van der Waals surface area contributed by atoms with Gasteiger partial charge in [0, 0.05) is 19.6 Å².